The van der Waals surface area contributed by atoms with Crippen molar-refractivity contribution in [2.75, 3.05) is 20.2 Å². The summed E-state index contributed by atoms with van der Waals surface area (Å²) in [6.07, 6.45) is 8.68. The quantitative estimate of drug-likeness (QED) is 0.315. The Morgan fingerprint density at radius 1 is 1.11 bits per heavy atom. The number of aliphatic imine (C=N–C) groups is 1. The Morgan fingerprint density at radius 2 is 1.80 bits per heavy atom. The molecule has 0 N–H and O–H groups in total. The van der Waals surface area contributed by atoms with E-state index >= 15 is 0 Å². The fraction of sp³-hybridized carbons (Fsp3) is 0.484. The van der Waals surface area contributed by atoms with E-state index in [2.05, 4.69) is 68.8 Å². The monoisotopic (exact) mass is 475 g/mol. The number of ether oxygens (including phenoxy) is 1. The number of hydrogen-bond acceptors (Lipinski definition) is 4. The number of hydrazone groups is 1. The van der Waals surface area contributed by atoms with E-state index in [-0.39, 0.29) is 0 Å². The molecule has 1 aliphatic heterocycles. The normalized spacial score (nSPS) is 18.1. The van der Waals surface area contributed by atoms with Gasteiger partial charge in [0.25, 0.3) is 0 Å². The van der Waals surface area contributed by atoms with Crippen molar-refractivity contribution in [3.63, 3.8) is 0 Å². The van der Waals surface area contributed by atoms with Crippen LogP contribution in [0, 0.1) is 6.92 Å². The van der Waals surface area contributed by atoms with Gasteiger partial charge in [0.2, 0.25) is 0 Å². The zero-order chi connectivity index (χ0) is 25.8. The van der Waals surface area contributed by atoms with Crippen molar-refractivity contribution in [1.82, 2.24) is 5.01 Å². The summed E-state index contributed by atoms with van der Waals surface area (Å²) in [6, 6.07) is 13.6. The minimum absolute atomic E-state index is 0.405. The first kappa shape index (κ1) is 28.4. The minimum atomic E-state index is 0.405. The van der Waals surface area contributed by atoms with E-state index < -0.39 is 0 Å². The second-order valence-corrected chi connectivity index (χ2v) is 8.75. The van der Waals surface area contributed by atoms with Gasteiger partial charge in [-0.05, 0) is 69.4 Å². The second-order valence-electron chi connectivity index (χ2n) is 8.75. The molecule has 0 saturated heterocycles. The topological polar surface area (TPSA) is 37.2 Å². The maximum atomic E-state index is 5.90. The van der Waals surface area contributed by atoms with Gasteiger partial charge in [0, 0.05) is 36.9 Å². The molecule has 2 unspecified atom stereocenters. The van der Waals surface area contributed by atoms with E-state index in [4.69, 9.17) is 9.73 Å². The first-order valence-electron chi connectivity index (χ1n) is 13.3. The Kier molecular flexibility index (Phi) is 11.8. The molecule has 1 heterocycles. The molecule has 35 heavy (non-hydrogen) atoms. The zero-order valence-electron chi connectivity index (χ0n) is 23.0. The maximum absolute atomic E-state index is 5.90. The first-order valence-corrected chi connectivity index (χ1v) is 13.3. The summed E-state index contributed by atoms with van der Waals surface area (Å²) < 4.78 is 5.90. The van der Waals surface area contributed by atoms with Crippen molar-refractivity contribution in [2.24, 2.45) is 10.1 Å². The van der Waals surface area contributed by atoms with E-state index in [1.54, 1.807) is 6.21 Å². The smallest absolute Gasteiger partial charge is 0.122 e. The lowest BCUT2D eigenvalue weighted by Crippen LogP contribution is -2.29. The lowest BCUT2D eigenvalue weighted by atomic mass is 9.74. The lowest BCUT2D eigenvalue weighted by Gasteiger charge is -2.36. The summed E-state index contributed by atoms with van der Waals surface area (Å²) in [5, 5.41) is 5.83. The van der Waals surface area contributed by atoms with Crippen LogP contribution >= 0.6 is 0 Å². The molecule has 0 radical (unpaired) electrons. The number of fused-ring (bicyclic) bond motifs is 3. The van der Waals surface area contributed by atoms with Crippen molar-refractivity contribution in [1.29, 1.82) is 0 Å². The number of benzene rings is 2. The third-order valence-corrected chi connectivity index (χ3v) is 6.52. The first-order chi connectivity index (χ1) is 17.0. The Morgan fingerprint density at radius 3 is 2.37 bits per heavy atom. The number of hydrogen-bond donors (Lipinski definition) is 0. The molecular formula is C31H45N3O. The summed E-state index contributed by atoms with van der Waals surface area (Å²) in [5.41, 5.74) is 7.40. The highest BCUT2D eigenvalue weighted by atomic mass is 16.5. The molecule has 0 spiro atoms. The zero-order valence-corrected chi connectivity index (χ0v) is 23.0. The third-order valence-electron chi connectivity index (χ3n) is 6.52. The average Bonchev–Trinajstić information content (AvgIpc) is 2.90. The molecule has 1 fully saturated rings. The van der Waals surface area contributed by atoms with Crippen molar-refractivity contribution in [2.45, 2.75) is 79.2 Å². The summed E-state index contributed by atoms with van der Waals surface area (Å²) in [6.45, 7) is 17.7. The van der Waals surface area contributed by atoms with E-state index in [9.17, 15) is 0 Å². The highest BCUT2D eigenvalue weighted by molar-refractivity contribution is 6.14. The predicted molar refractivity (Wildman–Crippen MR) is 153 cm³/mol. The Balaban J connectivity index is 0.000000416. The lowest BCUT2D eigenvalue weighted by molar-refractivity contribution is 0.335. The van der Waals surface area contributed by atoms with Gasteiger partial charge in [-0.15, -0.1) is 0 Å². The predicted octanol–water partition coefficient (Wildman–Crippen LogP) is 7.88. The van der Waals surface area contributed by atoms with Crippen LogP contribution in [0.4, 0.5) is 0 Å². The van der Waals surface area contributed by atoms with Gasteiger partial charge in [-0.25, -0.2) is 0 Å². The third kappa shape index (κ3) is 7.30. The molecule has 4 rings (SSSR count). The van der Waals surface area contributed by atoms with Crippen LogP contribution in [-0.4, -0.2) is 43.2 Å². The van der Waals surface area contributed by atoms with Gasteiger partial charge < -0.3 is 9.75 Å². The van der Waals surface area contributed by atoms with Gasteiger partial charge in [0.05, 0.1) is 18.4 Å². The van der Waals surface area contributed by atoms with Crippen LogP contribution in [0.1, 0.15) is 94.0 Å². The van der Waals surface area contributed by atoms with Gasteiger partial charge in [-0.1, -0.05) is 63.6 Å². The van der Waals surface area contributed by atoms with Crippen LogP contribution in [0.15, 0.2) is 53.1 Å². The molecule has 2 atom stereocenters. The van der Waals surface area contributed by atoms with Crippen molar-refractivity contribution in [3.8, 4) is 5.75 Å². The fourth-order valence-electron chi connectivity index (χ4n) is 4.68. The molecule has 2 aromatic rings. The van der Waals surface area contributed by atoms with Crippen LogP contribution < -0.4 is 4.74 Å². The summed E-state index contributed by atoms with van der Waals surface area (Å²) in [4.78, 5) is 5.24. The molecule has 0 amide bonds. The minimum Gasteiger partial charge on any atom is -0.494 e. The van der Waals surface area contributed by atoms with E-state index in [1.165, 1.54) is 47.9 Å². The largest absolute Gasteiger partial charge is 0.494 e. The summed E-state index contributed by atoms with van der Waals surface area (Å²) in [7, 11) is 1.94. The van der Waals surface area contributed by atoms with E-state index in [1.807, 2.05) is 38.9 Å². The average molecular weight is 476 g/mol. The number of rotatable bonds is 6. The second kappa shape index (κ2) is 14.5. The maximum Gasteiger partial charge on any atom is 0.122 e. The van der Waals surface area contributed by atoms with Crippen LogP contribution in [0.3, 0.4) is 0 Å². The Hall–Kier alpha value is -2.88. The molecule has 0 aromatic heterocycles. The van der Waals surface area contributed by atoms with Gasteiger partial charge >= 0.3 is 0 Å². The van der Waals surface area contributed by atoms with Gasteiger partial charge in [-0.3, -0.25) is 4.99 Å². The molecule has 190 valence electrons. The van der Waals surface area contributed by atoms with Gasteiger partial charge in [-0.2, -0.15) is 5.10 Å². The van der Waals surface area contributed by atoms with Crippen molar-refractivity contribution >= 4 is 18.0 Å². The Bertz CT molecular complexity index is 991. The number of nitrogens with zero attached hydrogens (tertiary/aromatic N) is 3. The highest BCUT2D eigenvalue weighted by Gasteiger charge is 2.34. The van der Waals surface area contributed by atoms with Crippen molar-refractivity contribution < 1.29 is 4.74 Å². The van der Waals surface area contributed by atoms with Crippen LogP contribution in [0.5, 0.6) is 5.75 Å². The Labute approximate surface area is 213 Å². The van der Waals surface area contributed by atoms with E-state index in [0.717, 1.165) is 23.6 Å². The highest BCUT2D eigenvalue weighted by Crippen LogP contribution is 2.43. The molecule has 1 aliphatic carbocycles. The molecule has 2 aliphatic rings. The van der Waals surface area contributed by atoms with Crippen LogP contribution in [0.25, 0.3) is 6.08 Å². The van der Waals surface area contributed by atoms with Crippen molar-refractivity contribution in [3.05, 3.63) is 70.8 Å². The van der Waals surface area contributed by atoms with Crippen LogP contribution in [0.2, 0.25) is 0 Å². The molecule has 1 saturated carbocycles. The number of aryl methyl sites for hydroxylation is 1. The van der Waals surface area contributed by atoms with E-state index in [0.29, 0.717) is 18.6 Å². The molecule has 4 nitrogen and oxygen atoms in total. The fourth-order valence-corrected chi connectivity index (χ4v) is 4.68. The summed E-state index contributed by atoms with van der Waals surface area (Å²) >= 11 is 0. The van der Waals surface area contributed by atoms with Gasteiger partial charge in [0.15, 0.2) is 0 Å². The molecule has 4 heteroatoms. The molecular weight excluding hydrogens is 430 g/mol. The summed E-state index contributed by atoms with van der Waals surface area (Å²) in [5.74, 6) is 1.56. The standard InChI is InChI=1S/C24H27NO.C5H12N2.C2H6/c1-4-17-10-12-18(13-11-17)24-21-14-16(3)23(26-5-2)15-20(21)19-8-6-7-9-22(19)25-24;1-4-6-7(3)5-2;1-2/h4,10-15,19,22H,1,5-9H2,2-3H3;4H,5H2,1-3H3;1-2H3/b;6-4-;. The molecule has 0 bridgehead atoms. The molecule has 2 aromatic carbocycles. The SMILES string of the molecule is C/C=N\N(C)CC.C=Cc1ccc(C2=NC3CCCCC3c3cc(OCC)c(C)cc32)cc1.CC. The van der Waals surface area contributed by atoms with Gasteiger partial charge in [0.1, 0.15) is 5.75 Å². The van der Waals surface area contributed by atoms with Crippen LogP contribution in [-0.2, 0) is 0 Å².